The van der Waals surface area contributed by atoms with Crippen molar-refractivity contribution in [3.63, 3.8) is 0 Å². The molecule has 0 spiro atoms. The number of carboxylic acid groups (broad SMARTS) is 1. The van der Waals surface area contributed by atoms with Crippen molar-refractivity contribution >= 4 is 29.1 Å². The van der Waals surface area contributed by atoms with Crippen LogP contribution in [0, 0.1) is 6.92 Å². The molecule has 0 radical (unpaired) electrons. The van der Waals surface area contributed by atoms with Crippen LogP contribution in [0.15, 0.2) is 21.8 Å². The molecule has 0 aliphatic carbocycles. The molecule has 2 rings (SSSR count). The first-order valence-corrected chi connectivity index (χ1v) is 6.70. The van der Waals surface area contributed by atoms with Crippen LogP contribution >= 0.6 is 23.1 Å². The number of thiophene rings is 1. The van der Waals surface area contributed by atoms with Crippen molar-refractivity contribution in [2.24, 2.45) is 0 Å². The standard InChI is InChI=1S/C10H10N2O3S2/c1-6-2-3-7(17-6)9-11-12-10(15-9)16-5-4-8(13)14/h2-3H,4-5H2,1H3,(H,13,14). The zero-order chi connectivity index (χ0) is 12.3. The Kier molecular flexibility index (Phi) is 3.80. The molecule has 1 N–H and O–H groups in total. The normalized spacial score (nSPS) is 10.6. The van der Waals surface area contributed by atoms with Crippen LogP contribution < -0.4 is 0 Å². The molecule has 17 heavy (non-hydrogen) atoms. The average Bonchev–Trinajstić information content (AvgIpc) is 2.86. The number of carboxylic acids is 1. The molecular weight excluding hydrogens is 260 g/mol. The van der Waals surface area contributed by atoms with Gasteiger partial charge in [-0.05, 0) is 19.1 Å². The number of aryl methyl sites for hydroxylation is 1. The minimum absolute atomic E-state index is 0.0838. The second-order valence-electron chi connectivity index (χ2n) is 3.28. The summed E-state index contributed by atoms with van der Waals surface area (Å²) in [4.78, 5) is 12.5. The number of carbonyl (C=O) groups is 1. The molecule has 0 fully saturated rings. The van der Waals surface area contributed by atoms with E-state index in [2.05, 4.69) is 10.2 Å². The Morgan fingerprint density at radius 3 is 3.00 bits per heavy atom. The van der Waals surface area contributed by atoms with Gasteiger partial charge in [0, 0.05) is 10.6 Å². The predicted octanol–water partition coefficient (Wildman–Crippen LogP) is 2.67. The van der Waals surface area contributed by atoms with Gasteiger partial charge in [-0.2, -0.15) is 0 Å². The van der Waals surface area contributed by atoms with E-state index < -0.39 is 5.97 Å². The third kappa shape index (κ3) is 3.31. The van der Waals surface area contributed by atoms with E-state index >= 15 is 0 Å². The maximum atomic E-state index is 10.3. The van der Waals surface area contributed by atoms with Crippen LogP contribution in [0.5, 0.6) is 0 Å². The zero-order valence-electron chi connectivity index (χ0n) is 9.04. The highest BCUT2D eigenvalue weighted by Gasteiger charge is 2.11. The van der Waals surface area contributed by atoms with Crippen LogP contribution in [-0.2, 0) is 4.79 Å². The number of aliphatic carboxylic acids is 1. The van der Waals surface area contributed by atoms with Gasteiger partial charge >= 0.3 is 5.97 Å². The Bertz CT molecular complexity index is 521. The van der Waals surface area contributed by atoms with E-state index in [4.69, 9.17) is 9.52 Å². The average molecular weight is 270 g/mol. The Morgan fingerprint density at radius 1 is 1.53 bits per heavy atom. The van der Waals surface area contributed by atoms with Crippen molar-refractivity contribution in [3.8, 4) is 10.8 Å². The number of rotatable bonds is 5. The summed E-state index contributed by atoms with van der Waals surface area (Å²) >= 11 is 2.84. The van der Waals surface area contributed by atoms with Gasteiger partial charge in [-0.15, -0.1) is 21.5 Å². The van der Waals surface area contributed by atoms with E-state index in [0.717, 1.165) is 4.88 Å². The molecule has 0 saturated heterocycles. The van der Waals surface area contributed by atoms with Crippen LogP contribution in [0.25, 0.3) is 10.8 Å². The maximum absolute atomic E-state index is 10.3. The largest absolute Gasteiger partial charge is 0.481 e. The van der Waals surface area contributed by atoms with Gasteiger partial charge in [0.1, 0.15) is 0 Å². The summed E-state index contributed by atoms with van der Waals surface area (Å²) in [5.74, 6) is 0.0903. The van der Waals surface area contributed by atoms with Gasteiger partial charge in [-0.3, -0.25) is 4.79 Å². The lowest BCUT2D eigenvalue weighted by molar-refractivity contribution is -0.136. The molecular formula is C10H10N2O3S2. The number of hydrogen-bond donors (Lipinski definition) is 1. The number of hydrogen-bond acceptors (Lipinski definition) is 6. The molecule has 0 unspecified atom stereocenters. The molecule has 90 valence electrons. The maximum Gasteiger partial charge on any atom is 0.304 e. The molecule has 2 heterocycles. The summed E-state index contributed by atoms with van der Waals surface area (Å²) in [6.07, 6.45) is 0.0838. The van der Waals surface area contributed by atoms with Crippen LogP contribution in [0.3, 0.4) is 0 Å². The van der Waals surface area contributed by atoms with Gasteiger partial charge in [-0.25, -0.2) is 0 Å². The number of thioether (sulfide) groups is 1. The van der Waals surface area contributed by atoms with Crippen LogP contribution in [0.4, 0.5) is 0 Å². The third-order valence-corrected chi connectivity index (χ3v) is 3.71. The second kappa shape index (κ2) is 5.33. The van der Waals surface area contributed by atoms with Crippen molar-refractivity contribution in [2.75, 3.05) is 5.75 Å². The fraction of sp³-hybridized carbons (Fsp3) is 0.300. The van der Waals surface area contributed by atoms with Crippen molar-refractivity contribution < 1.29 is 14.3 Å². The minimum Gasteiger partial charge on any atom is -0.481 e. The van der Waals surface area contributed by atoms with Crippen molar-refractivity contribution in [3.05, 3.63) is 17.0 Å². The smallest absolute Gasteiger partial charge is 0.304 e. The summed E-state index contributed by atoms with van der Waals surface area (Å²) < 4.78 is 5.42. The molecule has 0 amide bonds. The molecule has 2 aromatic heterocycles. The first-order chi connectivity index (χ1) is 8.15. The molecule has 0 aromatic carbocycles. The molecule has 5 nitrogen and oxygen atoms in total. The summed E-state index contributed by atoms with van der Waals surface area (Å²) in [6.45, 7) is 2.01. The highest BCUT2D eigenvalue weighted by atomic mass is 32.2. The number of aromatic nitrogens is 2. The first kappa shape index (κ1) is 12.1. The molecule has 0 aliphatic heterocycles. The van der Waals surface area contributed by atoms with Crippen LogP contribution in [-0.4, -0.2) is 27.0 Å². The SMILES string of the molecule is Cc1ccc(-c2nnc(SCCC(=O)O)o2)s1. The minimum atomic E-state index is -0.828. The van der Waals surface area contributed by atoms with Crippen LogP contribution in [0.1, 0.15) is 11.3 Å². The Hall–Kier alpha value is -1.34. The number of nitrogens with zero attached hydrogens (tertiary/aromatic N) is 2. The molecule has 0 saturated carbocycles. The van der Waals surface area contributed by atoms with Gasteiger partial charge in [0.15, 0.2) is 0 Å². The lowest BCUT2D eigenvalue weighted by Crippen LogP contribution is -1.95. The summed E-state index contributed by atoms with van der Waals surface area (Å²) in [6, 6.07) is 3.92. The molecule has 2 aromatic rings. The zero-order valence-corrected chi connectivity index (χ0v) is 10.7. The lowest BCUT2D eigenvalue weighted by atomic mass is 10.4. The van der Waals surface area contributed by atoms with Crippen molar-refractivity contribution in [2.45, 2.75) is 18.6 Å². The van der Waals surface area contributed by atoms with Gasteiger partial charge in [0.05, 0.1) is 11.3 Å². The van der Waals surface area contributed by atoms with Crippen LogP contribution in [0.2, 0.25) is 0 Å². The molecule has 0 bridgehead atoms. The molecule has 0 atom stereocenters. The van der Waals surface area contributed by atoms with E-state index in [9.17, 15) is 4.79 Å². The van der Waals surface area contributed by atoms with Gasteiger partial charge in [0.25, 0.3) is 11.1 Å². The molecule has 0 aliphatic rings. The highest BCUT2D eigenvalue weighted by Crippen LogP contribution is 2.28. The fourth-order valence-electron chi connectivity index (χ4n) is 1.14. The van der Waals surface area contributed by atoms with Gasteiger partial charge < -0.3 is 9.52 Å². The summed E-state index contributed by atoms with van der Waals surface area (Å²) in [5.41, 5.74) is 0. The Balaban J connectivity index is 1.98. The third-order valence-electron chi connectivity index (χ3n) is 1.90. The van der Waals surface area contributed by atoms with E-state index in [1.807, 2.05) is 19.1 Å². The van der Waals surface area contributed by atoms with Crippen molar-refractivity contribution in [1.29, 1.82) is 0 Å². The monoisotopic (exact) mass is 270 g/mol. The van der Waals surface area contributed by atoms with Gasteiger partial charge in [-0.1, -0.05) is 11.8 Å². The quantitative estimate of drug-likeness (QED) is 0.842. The Labute approximate surface area is 106 Å². The lowest BCUT2D eigenvalue weighted by Gasteiger charge is -1.91. The van der Waals surface area contributed by atoms with Gasteiger partial charge in [0.2, 0.25) is 0 Å². The fourth-order valence-corrected chi connectivity index (χ4v) is 2.62. The first-order valence-electron chi connectivity index (χ1n) is 4.90. The Morgan fingerprint density at radius 2 is 2.35 bits per heavy atom. The van der Waals surface area contributed by atoms with E-state index in [1.54, 1.807) is 11.3 Å². The van der Waals surface area contributed by atoms with Crippen molar-refractivity contribution in [1.82, 2.24) is 10.2 Å². The second-order valence-corrected chi connectivity index (χ2v) is 5.61. The summed E-state index contributed by atoms with van der Waals surface area (Å²) in [5, 5.41) is 16.7. The van der Waals surface area contributed by atoms with E-state index in [0.29, 0.717) is 16.9 Å². The van der Waals surface area contributed by atoms with E-state index in [1.165, 1.54) is 16.6 Å². The topological polar surface area (TPSA) is 76.2 Å². The predicted molar refractivity (Wildman–Crippen MR) is 65.3 cm³/mol. The summed E-state index contributed by atoms with van der Waals surface area (Å²) in [7, 11) is 0. The highest BCUT2D eigenvalue weighted by molar-refractivity contribution is 7.99. The molecule has 7 heteroatoms. The van der Waals surface area contributed by atoms with E-state index in [-0.39, 0.29) is 6.42 Å².